The molecule has 1 amide bonds. The first-order chi connectivity index (χ1) is 16.8. The van der Waals surface area contributed by atoms with E-state index >= 15 is 0 Å². The normalized spacial score (nSPS) is 14.2. The molecule has 0 radical (unpaired) electrons. The van der Waals surface area contributed by atoms with E-state index < -0.39 is 0 Å². The van der Waals surface area contributed by atoms with Crippen LogP contribution < -0.4 is 4.74 Å². The average Bonchev–Trinajstić information content (AvgIpc) is 3.14. The van der Waals surface area contributed by atoms with Crippen molar-refractivity contribution in [2.24, 2.45) is 5.92 Å². The predicted octanol–water partition coefficient (Wildman–Crippen LogP) is 4.64. The summed E-state index contributed by atoms with van der Waals surface area (Å²) in [6.07, 6.45) is 1.34. The Morgan fingerprint density at radius 1 is 1.06 bits per heavy atom. The fourth-order valence-electron chi connectivity index (χ4n) is 4.68. The molecule has 0 spiro atoms. The second kappa shape index (κ2) is 10.5. The van der Waals surface area contributed by atoms with Crippen LogP contribution in [0.15, 0.2) is 42.5 Å². The summed E-state index contributed by atoms with van der Waals surface area (Å²) in [4.78, 5) is 40.6. The van der Waals surface area contributed by atoms with Gasteiger partial charge in [-0.3, -0.25) is 19.0 Å². The second-order valence-electron chi connectivity index (χ2n) is 8.68. The van der Waals surface area contributed by atoms with Crippen LogP contribution in [0.3, 0.4) is 0 Å². The molecule has 8 heteroatoms. The van der Waals surface area contributed by atoms with E-state index in [4.69, 9.17) is 21.1 Å². The number of piperidine rings is 1. The molecular formula is C27H29ClN2O5. The molecule has 184 valence electrons. The van der Waals surface area contributed by atoms with Crippen molar-refractivity contribution in [3.05, 3.63) is 64.3 Å². The van der Waals surface area contributed by atoms with E-state index in [9.17, 15) is 14.4 Å². The number of nitrogens with zero attached hydrogens (tertiary/aromatic N) is 2. The number of benzene rings is 2. The summed E-state index contributed by atoms with van der Waals surface area (Å²) in [7, 11) is 1.59. The fraction of sp³-hybridized carbons (Fsp3) is 0.370. The van der Waals surface area contributed by atoms with Gasteiger partial charge in [0.1, 0.15) is 5.75 Å². The molecule has 1 aliphatic heterocycles. The largest absolute Gasteiger partial charge is 0.497 e. The zero-order valence-electron chi connectivity index (χ0n) is 20.2. The highest BCUT2D eigenvalue weighted by atomic mass is 35.5. The molecule has 0 bridgehead atoms. The van der Waals surface area contributed by atoms with Gasteiger partial charge in [-0.1, -0.05) is 11.6 Å². The average molecular weight is 497 g/mol. The first kappa shape index (κ1) is 24.8. The van der Waals surface area contributed by atoms with Crippen molar-refractivity contribution in [2.45, 2.75) is 33.1 Å². The van der Waals surface area contributed by atoms with E-state index in [1.807, 2.05) is 19.1 Å². The summed E-state index contributed by atoms with van der Waals surface area (Å²) in [5, 5.41) is 1.36. The molecule has 1 saturated heterocycles. The van der Waals surface area contributed by atoms with Gasteiger partial charge >= 0.3 is 5.97 Å². The molecule has 3 aromatic rings. The van der Waals surface area contributed by atoms with Crippen molar-refractivity contribution in [3.8, 4) is 5.75 Å². The molecule has 1 aliphatic rings. The molecule has 1 fully saturated rings. The zero-order chi connectivity index (χ0) is 25.1. The van der Waals surface area contributed by atoms with E-state index in [-0.39, 0.29) is 30.1 Å². The van der Waals surface area contributed by atoms with Gasteiger partial charge in [0.2, 0.25) is 5.91 Å². The Hall–Kier alpha value is -3.32. The minimum Gasteiger partial charge on any atom is -0.497 e. The number of hydrogen-bond donors (Lipinski definition) is 0. The van der Waals surface area contributed by atoms with Gasteiger partial charge in [-0.25, -0.2) is 0 Å². The Kier molecular flexibility index (Phi) is 7.45. The van der Waals surface area contributed by atoms with Gasteiger partial charge in [0.05, 0.1) is 31.6 Å². The zero-order valence-corrected chi connectivity index (χ0v) is 20.9. The van der Waals surface area contributed by atoms with Crippen LogP contribution >= 0.6 is 11.6 Å². The van der Waals surface area contributed by atoms with Crippen LogP contribution in [-0.4, -0.2) is 54.1 Å². The van der Waals surface area contributed by atoms with E-state index in [1.54, 1.807) is 53.8 Å². The van der Waals surface area contributed by atoms with Crippen molar-refractivity contribution in [1.82, 2.24) is 9.47 Å². The van der Waals surface area contributed by atoms with Gasteiger partial charge in [0.15, 0.2) is 0 Å². The number of carbonyl (C=O) groups excluding carboxylic acids is 3. The number of ether oxygens (including phenoxy) is 2. The van der Waals surface area contributed by atoms with E-state index in [0.29, 0.717) is 60.1 Å². The number of methoxy groups -OCH3 is 1. The quantitative estimate of drug-likeness (QED) is 0.464. The van der Waals surface area contributed by atoms with Crippen LogP contribution in [0.2, 0.25) is 5.02 Å². The summed E-state index contributed by atoms with van der Waals surface area (Å²) in [6, 6.07) is 12.3. The number of amides is 1. The highest BCUT2D eigenvalue weighted by molar-refractivity contribution is 6.30. The third kappa shape index (κ3) is 5.05. The molecule has 7 nitrogen and oxygen atoms in total. The molecule has 35 heavy (non-hydrogen) atoms. The Balaban J connectivity index is 1.63. The van der Waals surface area contributed by atoms with E-state index in [1.165, 1.54) is 0 Å². The maximum Gasteiger partial charge on any atom is 0.309 e. The number of esters is 1. The van der Waals surface area contributed by atoms with Crippen LogP contribution in [0, 0.1) is 12.8 Å². The first-order valence-electron chi connectivity index (χ1n) is 11.8. The number of likely N-dealkylation sites (tertiary alicyclic amines) is 1. The monoisotopic (exact) mass is 496 g/mol. The Morgan fingerprint density at radius 2 is 1.74 bits per heavy atom. The molecular weight excluding hydrogens is 468 g/mol. The Bertz CT molecular complexity index is 1260. The predicted molar refractivity (Wildman–Crippen MR) is 134 cm³/mol. The Morgan fingerprint density at radius 3 is 2.37 bits per heavy atom. The van der Waals surface area contributed by atoms with Gasteiger partial charge in [0, 0.05) is 34.8 Å². The summed E-state index contributed by atoms with van der Waals surface area (Å²) in [5.41, 5.74) is 2.72. The molecule has 0 N–H and O–H groups in total. The molecule has 1 aromatic heterocycles. The molecule has 0 saturated carbocycles. The maximum absolute atomic E-state index is 13.5. The van der Waals surface area contributed by atoms with Crippen LogP contribution in [0.1, 0.15) is 41.4 Å². The molecule has 0 aliphatic carbocycles. The van der Waals surface area contributed by atoms with Gasteiger partial charge in [-0.15, -0.1) is 0 Å². The van der Waals surface area contributed by atoms with Crippen molar-refractivity contribution in [3.63, 3.8) is 0 Å². The van der Waals surface area contributed by atoms with Gasteiger partial charge in [-0.05, 0) is 74.7 Å². The summed E-state index contributed by atoms with van der Waals surface area (Å²) in [6.45, 7) is 5.03. The smallest absolute Gasteiger partial charge is 0.309 e. The third-order valence-electron chi connectivity index (χ3n) is 6.63. The van der Waals surface area contributed by atoms with Crippen molar-refractivity contribution >= 4 is 40.3 Å². The number of halogens is 1. The van der Waals surface area contributed by atoms with Crippen LogP contribution in [-0.2, 0) is 20.7 Å². The van der Waals surface area contributed by atoms with Crippen LogP contribution in [0.5, 0.6) is 5.75 Å². The molecule has 0 unspecified atom stereocenters. The molecule has 4 rings (SSSR count). The highest BCUT2D eigenvalue weighted by Crippen LogP contribution is 2.31. The van der Waals surface area contributed by atoms with Crippen molar-refractivity contribution in [1.29, 1.82) is 0 Å². The highest BCUT2D eigenvalue weighted by Gasteiger charge is 2.29. The second-order valence-corrected chi connectivity index (χ2v) is 9.11. The topological polar surface area (TPSA) is 77.8 Å². The van der Waals surface area contributed by atoms with Crippen LogP contribution in [0.25, 0.3) is 10.9 Å². The SMILES string of the molecule is CCOC(=O)C1CCN(C(=O)Cc2c(C)n(C(=O)c3ccc(Cl)cc3)c3ccc(OC)cc23)CC1. The summed E-state index contributed by atoms with van der Waals surface area (Å²) < 4.78 is 12.2. The number of aromatic nitrogens is 1. The lowest BCUT2D eigenvalue weighted by Gasteiger charge is -2.31. The molecule has 2 aromatic carbocycles. The molecule has 2 heterocycles. The Labute approximate surface area is 209 Å². The number of fused-ring (bicyclic) bond motifs is 1. The first-order valence-corrected chi connectivity index (χ1v) is 12.1. The lowest BCUT2D eigenvalue weighted by Crippen LogP contribution is -2.41. The lowest BCUT2D eigenvalue weighted by atomic mass is 9.96. The summed E-state index contributed by atoms with van der Waals surface area (Å²) in [5.74, 6) is 0.0762. The third-order valence-corrected chi connectivity index (χ3v) is 6.88. The van der Waals surface area contributed by atoms with E-state index in [2.05, 4.69) is 0 Å². The maximum atomic E-state index is 13.5. The van der Waals surface area contributed by atoms with Gasteiger partial charge in [0.25, 0.3) is 5.91 Å². The number of rotatable bonds is 6. The van der Waals surface area contributed by atoms with Gasteiger partial charge < -0.3 is 14.4 Å². The van der Waals surface area contributed by atoms with Crippen molar-refractivity contribution in [2.75, 3.05) is 26.8 Å². The summed E-state index contributed by atoms with van der Waals surface area (Å²) >= 11 is 6.00. The minimum absolute atomic E-state index is 0.0313. The standard InChI is InChI=1S/C27H29ClN2O5/c1-4-35-27(33)19-11-13-29(14-12-19)25(31)16-22-17(2)30(24-10-9-21(34-3)15-23(22)24)26(32)18-5-7-20(28)8-6-18/h5-10,15,19H,4,11-14,16H2,1-3H3. The molecule has 0 atom stereocenters. The van der Waals surface area contributed by atoms with E-state index in [0.717, 1.165) is 10.9 Å². The van der Waals surface area contributed by atoms with Gasteiger partial charge in [-0.2, -0.15) is 0 Å². The number of carbonyl (C=O) groups is 3. The minimum atomic E-state index is -0.191. The fourth-order valence-corrected chi connectivity index (χ4v) is 4.81. The lowest BCUT2D eigenvalue weighted by molar-refractivity contribution is -0.151. The van der Waals surface area contributed by atoms with Crippen molar-refractivity contribution < 1.29 is 23.9 Å². The van der Waals surface area contributed by atoms with Crippen LogP contribution in [0.4, 0.5) is 0 Å². The number of hydrogen-bond acceptors (Lipinski definition) is 5.